The molecule has 1 N–H and O–H groups in total. The van der Waals surface area contributed by atoms with E-state index in [0.717, 1.165) is 11.3 Å². The molecule has 0 aliphatic carbocycles. The van der Waals surface area contributed by atoms with Gasteiger partial charge >= 0.3 is 0 Å². The van der Waals surface area contributed by atoms with Crippen molar-refractivity contribution in [2.24, 2.45) is 0 Å². The van der Waals surface area contributed by atoms with Crippen LogP contribution in [0, 0.1) is 0 Å². The van der Waals surface area contributed by atoms with Gasteiger partial charge in [-0.2, -0.15) is 0 Å². The monoisotopic (exact) mass is 379 g/mol. The van der Waals surface area contributed by atoms with Crippen molar-refractivity contribution in [3.8, 4) is 28.6 Å². The third kappa shape index (κ3) is 4.56. The van der Waals surface area contributed by atoms with Gasteiger partial charge in [0.05, 0.1) is 32.0 Å². The minimum atomic E-state index is -0.273. The summed E-state index contributed by atoms with van der Waals surface area (Å²) < 4.78 is 16.0. The van der Waals surface area contributed by atoms with E-state index in [9.17, 15) is 4.79 Å². The molecule has 144 valence electrons. The average molecular weight is 379 g/mol. The van der Waals surface area contributed by atoms with E-state index in [-0.39, 0.29) is 12.5 Å². The van der Waals surface area contributed by atoms with Crippen molar-refractivity contribution in [3.05, 3.63) is 66.2 Å². The smallest absolute Gasteiger partial charge is 0.255 e. The number of amides is 1. The Balaban J connectivity index is 1.51. The fourth-order valence-corrected chi connectivity index (χ4v) is 2.64. The summed E-state index contributed by atoms with van der Waals surface area (Å²) in [4.78, 5) is 12.4. The van der Waals surface area contributed by atoms with Crippen LogP contribution in [0.5, 0.6) is 17.4 Å². The molecule has 0 fully saturated rings. The van der Waals surface area contributed by atoms with E-state index < -0.39 is 0 Å². The number of para-hydroxylation sites is 1. The van der Waals surface area contributed by atoms with Crippen LogP contribution in [0.1, 0.15) is 10.4 Å². The Kier molecular flexibility index (Phi) is 6.41. The highest BCUT2D eigenvalue weighted by Gasteiger charge is 2.15. The predicted octanol–water partition coefficient (Wildman–Crippen LogP) is 2.97. The van der Waals surface area contributed by atoms with Crippen molar-refractivity contribution in [1.82, 2.24) is 15.5 Å². The number of hydrogen-bond acceptors (Lipinski definition) is 6. The summed E-state index contributed by atoms with van der Waals surface area (Å²) in [5, 5.41) is 11.0. The lowest BCUT2D eigenvalue weighted by molar-refractivity contribution is 0.0943. The molecule has 0 radical (unpaired) electrons. The van der Waals surface area contributed by atoms with Crippen LogP contribution in [-0.2, 0) is 0 Å². The number of aromatic nitrogens is 2. The minimum absolute atomic E-state index is 0.261. The molecule has 7 heteroatoms. The molecule has 2 aromatic carbocycles. The van der Waals surface area contributed by atoms with Crippen molar-refractivity contribution in [2.75, 3.05) is 27.4 Å². The van der Waals surface area contributed by atoms with Gasteiger partial charge in [0.25, 0.3) is 5.91 Å². The maximum absolute atomic E-state index is 12.4. The number of carbonyl (C=O) groups excluding carboxylic acids is 1. The molecule has 0 atom stereocenters. The van der Waals surface area contributed by atoms with Gasteiger partial charge in [0.2, 0.25) is 5.88 Å². The van der Waals surface area contributed by atoms with E-state index in [1.807, 2.05) is 36.4 Å². The summed E-state index contributed by atoms with van der Waals surface area (Å²) in [6, 6.07) is 18.5. The van der Waals surface area contributed by atoms with Gasteiger partial charge in [-0.05, 0) is 18.2 Å². The van der Waals surface area contributed by atoms with Crippen LogP contribution < -0.4 is 19.5 Å². The first-order chi connectivity index (χ1) is 13.7. The molecule has 0 unspecified atom stereocenters. The van der Waals surface area contributed by atoms with Crippen molar-refractivity contribution in [1.29, 1.82) is 0 Å². The molecule has 0 bridgehead atoms. The predicted molar refractivity (Wildman–Crippen MR) is 105 cm³/mol. The van der Waals surface area contributed by atoms with Gasteiger partial charge in [0.1, 0.15) is 6.61 Å². The fourth-order valence-electron chi connectivity index (χ4n) is 2.64. The van der Waals surface area contributed by atoms with Crippen LogP contribution in [0.3, 0.4) is 0 Å². The molecule has 0 saturated heterocycles. The van der Waals surface area contributed by atoms with Gasteiger partial charge in [0.15, 0.2) is 11.5 Å². The largest absolute Gasteiger partial charge is 0.493 e. The highest BCUT2D eigenvalue weighted by molar-refractivity contribution is 5.97. The van der Waals surface area contributed by atoms with E-state index in [1.165, 1.54) is 14.2 Å². The van der Waals surface area contributed by atoms with Crippen LogP contribution in [0.25, 0.3) is 11.3 Å². The molecule has 0 spiro atoms. The summed E-state index contributed by atoms with van der Waals surface area (Å²) in [5.41, 5.74) is 2.15. The van der Waals surface area contributed by atoms with Gasteiger partial charge in [0, 0.05) is 11.6 Å². The summed E-state index contributed by atoms with van der Waals surface area (Å²) in [6.07, 6.45) is 0. The summed E-state index contributed by atoms with van der Waals surface area (Å²) in [6.45, 7) is 0.568. The van der Waals surface area contributed by atoms with Crippen LogP contribution >= 0.6 is 0 Å². The normalized spacial score (nSPS) is 10.2. The third-order valence-corrected chi connectivity index (χ3v) is 3.99. The van der Waals surface area contributed by atoms with Gasteiger partial charge in [-0.25, -0.2) is 0 Å². The lowest BCUT2D eigenvalue weighted by atomic mass is 10.1. The minimum Gasteiger partial charge on any atom is -0.493 e. The second-order valence-electron chi connectivity index (χ2n) is 5.77. The number of carbonyl (C=O) groups is 1. The van der Waals surface area contributed by atoms with Crippen molar-refractivity contribution in [2.45, 2.75) is 0 Å². The maximum Gasteiger partial charge on any atom is 0.255 e. The van der Waals surface area contributed by atoms with E-state index >= 15 is 0 Å². The molecule has 0 aliphatic heterocycles. The number of nitrogens with zero attached hydrogens (tertiary/aromatic N) is 2. The third-order valence-electron chi connectivity index (χ3n) is 3.99. The zero-order valence-corrected chi connectivity index (χ0v) is 15.7. The maximum atomic E-state index is 12.4. The quantitative estimate of drug-likeness (QED) is 0.606. The Bertz CT molecular complexity index is 915. The molecule has 3 aromatic rings. The Morgan fingerprint density at radius 2 is 1.75 bits per heavy atom. The van der Waals surface area contributed by atoms with Crippen molar-refractivity contribution < 1.29 is 19.0 Å². The summed E-state index contributed by atoms with van der Waals surface area (Å²) >= 11 is 0. The Morgan fingerprint density at radius 3 is 2.43 bits per heavy atom. The fraction of sp³-hybridized carbons (Fsp3) is 0.190. The lowest BCUT2D eigenvalue weighted by Crippen LogP contribution is -2.28. The molecule has 3 rings (SSSR count). The molecule has 7 nitrogen and oxygen atoms in total. The highest BCUT2D eigenvalue weighted by atomic mass is 16.5. The topological polar surface area (TPSA) is 82.6 Å². The van der Waals surface area contributed by atoms with Gasteiger partial charge in [-0.15, -0.1) is 10.2 Å². The molecular weight excluding hydrogens is 358 g/mol. The lowest BCUT2D eigenvalue weighted by Gasteiger charge is -2.12. The summed E-state index contributed by atoms with van der Waals surface area (Å²) in [5.74, 6) is 1.02. The Morgan fingerprint density at radius 1 is 0.929 bits per heavy atom. The Hall–Kier alpha value is -3.61. The highest BCUT2D eigenvalue weighted by Crippen LogP contribution is 2.30. The van der Waals surface area contributed by atoms with E-state index in [2.05, 4.69) is 15.5 Å². The zero-order chi connectivity index (χ0) is 19.8. The molecule has 0 aliphatic rings. The molecule has 0 saturated carbocycles. The number of nitrogens with one attached hydrogen (secondary N) is 1. The number of methoxy groups -OCH3 is 2. The first kappa shape index (κ1) is 19.2. The molecule has 28 heavy (non-hydrogen) atoms. The zero-order valence-electron chi connectivity index (χ0n) is 15.7. The first-order valence-corrected chi connectivity index (χ1v) is 8.74. The van der Waals surface area contributed by atoms with Crippen LogP contribution in [0.4, 0.5) is 0 Å². The second kappa shape index (κ2) is 9.36. The molecular formula is C21H21N3O4. The molecule has 1 aromatic heterocycles. The Labute approximate surface area is 163 Å². The number of benzene rings is 2. The number of hydrogen-bond donors (Lipinski definition) is 1. The van der Waals surface area contributed by atoms with Crippen molar-refractivity contribution in [3.63, 3.8) is 0 Å². The van der Waals surface area contributed by atoms with Crippen LogP contribution in [0.2, 0.25) is 0 Å². The van der Waals surface area contributed by atoms with E-state index in [1.54, 1.807) is 24.3 Å². The standard InChI is InChI=1S/C21H21N3O4/c1-26-18-10-6-9-16(20(18)27-2)21(25)22-13-14-28-19-12-11-17(23-24-19)15-7-4-3-5-8-15/h3-12H,13-14H2,1-2H3,(H,22,25). The van der Waals surface area contributed by atoms with Gasteiger partial charge < -0.3 is 19.5 Å². The number of rotatable bonds is 8. The van der Waals surface area contributed by atoms with E-state index in [4.69, 9.17) is 14.2 Å². The first-order valence-electron chi connectivity index (χ1n) is 8.74. The number of ether oxygens (including phenoxy) is 3. The SMILES string of the molecule is COc1cccc(C(=O)NCCOc2ccc(-c3ccccc3)nn2)c1OC. The molecule has 1 heterocycles. The van der Waals surface area contributed by atoms with Gasteiger partial charge in [-0.1, -0.05) is 36.4 Å². The van der Waals surface area contributed by atoms with Crippen molar-refractivity contribution >= 4 is 5.91 Å². The summed E-state index contributed by atoms with van der Waals surface area (Å²) in [7, 11) is 3.02. The van der Waals surface area contributed by atoms with E-state index in [0.29, 0.717) is 29.5 Å². The van der Waals surface area contributed by atoms with Gasteiger partial charge in [-0.3, -0.25) is 4.79 Å². The van der Waals surface area contributed by atoms with Crippen LogP contribution in [0.15, 0.2) is 60.7 Å². The molecule has 1 amide bonds. The second-order valence-corrected chi connectivity index (χ2v) is 5.77. The average Bonchev–Trinajstić information content (AvgIpc) is 2.77. The van der Waals surface area contributed by atoms with Crippen LogP contribution in [-0.4, -0.2) is 43.5 Å².